The second-order valence-corrected chi connectivity index (χ2v) is 3.08. The van der Waals surface area contributed by atoms with Crippen LogP contribution < -0.4 is 4.74 Å². The van der Waals surface area contributed by atoms with E-state index in [1.165, 1.54) is 0 Å². The van der Waals surface area contributed by atoms with E-state index < -0.39 is 0 Å². The summed E-state index contributed by atoms with van der Waals surface area (Å²) in [6.07, 6.45) is 1.95. The van der Waals surface area contributed by atoms with E-state index in [1.807, 2.05) is 0 Å². The predicted octanol–water partition coefficient (Wildman–Crippen LogP) is 2.87. The topological polar surface area (TPSA) is 26.3 Å². The molecule has 0 heterocycles. The fourth-order valence-corrected chi connectivity index (χ4v) is 1.14. The first kappa shape index (κ1) is 10.4. The highest BCUT2D eigenvalue weighted by molar-refractivity contribution is 6.42. The van der Waals surface area contributed by atoms with Crippen molar-refractivity contribution in [2.45, 2.75) is 6.42 Å². The largest absolute Gasteiger partial charge is 0.491 e. The molecule has 13 heavy (non-hydrogen) atoms. The minimum atomic E-state index is 0.225. The molecule has 0 unspecified atom stereocenters. The Labute approximate surface area is 86.4 Å². The third kappa shape index (κ3) is 2.90. The Bertz CT molecular complexity index is 300. The highest BCUT2D eigenvalue weighted by atomic mass is 35.5. The molecule has 0 aromatic heterocycles. The zero-order valence-corrected chi connectivity index (χ0v) is 8.23. The smallest absolute Gasteiger partial charge is 0.201 e. The quantitative estimate of drug-likeness (QED) is 0.726. The average molecular weight is 218 g/mol. The van der Waals surface area contributed by atoms with E-state index in [0.29, 0.717) is 15.8 Å². The minimum absolute atomic E-state index is 0.225. The van der Waals surface area contributed by atoms with Crippen LogP contribution in [-0.2, 0) is 4.79 Å². The van der Waals surface area contributed by atoms with Crippen molar-refractivity contribution < 1.29 is 9.53 Å². The van der Waals surface area contributed by atoms with Crippen molar-refractivity contribution >= 4 is 29.5 Å². The summed E-state index contributed by atoms with van der Waals surface area (Å²) in [5, 5.41) is 0.810. The van der Waals surface area contributed by atoms with Gasteiger partial charge in [0.05, 0.1) is 11.6 Å². The number of carbonyl (C=O) groups excluding carboxylic acids is 1. The Morgan fingerprint density at radius 1 is 1.38 bits per heavy atom. The van der Waals surface area contributed by atoms with Crippen LogP contribution in [0.4, 0.5) is 0 Å². The van der Waals surface area contributed by atoms with Crippen LogP contribution in [0.3, 0.4) is 0 Å². The molecule has 0 fully saturated rings. The maximum atomic E-state index is 9.88. The maximum absolute atomic E-state index is 9.88. The SMILES string of the molecule is O=[C]CCOc1cccc(Cl)c1Cl. The molecule has 0 atom stereocenters. The van der Waals surface area contributed by atoms with Crippen molar-refractivity contribution in [3.63, 3.8) is 0 Å². The second kappa shape index (κ2) is 5.10. The maximum Gasteiger partial charge on any atom is 0.201 e. The van der Waals surface area contributed by atoms with E-state index in [9.17, 15) is 4.79 Å². The van der Waals surface area contributed by atoms with Crippen molar-refractivity contribution in [2.75, 3.05) is 6.61 Å². The predicted molar refractivity (Wildman–Crippen MR) is 52.3 cm³/mol. The van der Waals surface area contributed by atoms with Gasteiger partial charge in [-0.1, -0.05) is 29.3 Å². The van der Waals surface area contributed by atoms with E-state index in [-0.39, 0.29) is 13.0 Å². The molecule has 0 bridgehead atoms. The first-order valence-corrected chi connectivity index (χ1v) is 4.43. The van der Waals surface area contributed by atoms with Gasteiger partial charge in [0.1, 0.15) is 10.8 Å². The summed E-state index contributed by atoms with van der Waals surface area (Å²) in [6.45, 7) is 0.267. The summed E-state index contributed by atoms with van der Waals surface area (Å²) in [4.78, 5) is 9.88. The van der Waals surface area contributed by atoms with E-state index >= 15 is 0 Å². The Balaban J connectivity index is 2.65. The van der Waals surface area contributed by atoms with Gasteiger partial charge in [0.15, 0.2) is 0 Å². The molecule has 1 radical (unpaired) electrons. The molecule has 0 N–H and O–H groups in total. The van der Waals surface area contributed by atoms with Crippen molar-refractivity contribution in [1.29, 1.82) is 0 Å². The van der Waals surface area contributed by atoms with Crippen LogP contribution in [0.15, 0.2) is 18.2 Å². The van der Waals surface area contributed by atoms with Crippen molar-refractivity contribution in [1.82, 2.24) is 0 Å². The van der Waals surface area contributed by atoms with Crippen LogP contribution in [0, 0.1) is 0 Å². The molecule has 2 nitrogen and oxygen atoms in total. The minimum Gasteiger partial charge on any atom is -0.491 e. The lowest BCUT2D eigenvalue weighted by atomic mass is 10.3. The average Bonchev–Trinajstić information content (AvgIpc) is 2.13. The van der Waals surface area contributed by atoms with Gasteiger partial charge in [-0.15, -0.1) is 0 Å². The molecule has 1 rings (SSSR count). The van der Waals surface area contributed by atoms with Gasteiger partial charge in [0.25, 0.3) is 0 Å². The van der Waals surface area contributed by atoms with E-state index in [1.54, 1.807) is 24.5 Å². The van der Waals surface area contributed by atoms with Crippen LogP contribution in [0.1, 0.15) is 6.42 Å². The highest BCUT2D eigenvalue weighted by Crippen LogP contribution is 2.31. The summed E-state index contributed by atoms with van der Waals surface area (Å²) in [5.74, 6) is 0.490. The molecule has 4 heteroatoms. The summed E-state index contributed by atoms with van der Waals surface area (Å²) in [6, 6.07) is 5.09. The second-order valence-electron chi connectivity index (χ2n) is 2.29. The summed E-state index contributed by atoms with van der Waals surface area (Å²) in [7, 11) is 0. The molecule has 1 aromatic carbocycles. The zero-order chi connectivity index (χ0) is 9.68. The summed E-state index contributed by atoms with van der Waals surface area (Å²) >= 11 is 11.6. The molecular weight excluding hydrogens is 211 g/mol. The lowest BCUT2D eigenvalue weighted by Crippen LogP contribution is -1.97. The fourth-order valence-electron chi connectivity index (χ4n) is 0.798. The van der Waals surface area contributed by atoms with E-state index in [2.05, 4.69) is 0 Å². The molecule has 1 aromatic rings. The van der Waals surface area contributed by atoms with Crippen LogP contribution in [0.5, 0.6) is 5.75 Å². The Morgan fingerprint density at radius 3 is 2.85 bits per heavy atom. The van der Waals surface area contributed by atoms with Gasteiger partial charge in [-0.3, -0.25) is 4.79 Å². The lowest BCUT2D eigenvalue weighted by molar-refractivity contribution is 0.327. The molecule has 0 saturated carbocycles. The number of halogens is 2. The molecule has 69 valence electrons. The third-order valence-corrected chi connectivity index (χ3v) is 2.18. The van der Waals surface area contributed by atoms with Crippen molar-refractivity contribution in [2.24, 2.45) is 0 Å². The van der Waals surface area contributed by atoms with Gasteiger partial charge in [-0.25, -0.2) is 0 Å². The van der Waals surface area contributed by atoms with Crippen LogP contribution in [-0.4, -0.2) is 12.9 Å². The van der Waals surface area contributed by atoms with E-state index in [0.717, 1.165) is 0 Å². The van der Waals surface area contributed by atoms with Gasteiger partial charge in [-0.05, 0) is 12.1 Å². The number of benzene rings is 1. The molecule has 0 aliphatic heterocycles. The summed E-state index contributed by atoms with van der Waals surface area (Å²) in [5.41, 5.74) is 0. The Kier molecular flexibility index (Phi) is 4.06. The van der Waals surface area contributed by atoms with Gasteiger partial charge in [0.2, 0.25) is 6.29 Å². The van der Waals surface area contributed by atoms with E-state index in [4.69, 9.17) is 27.9 Å². The third-order valence-electron chi connectivity index (χ3n) is 1.38. The number of rotatable bonds is 4. The Hall–Kier alpha value is -0.730. The molecular formula is C9H7Cl2O2. The lowest BCUT2D eigenvalue weighted by Gasteiger charge is -2.06. The molecule has 0 aliphatic carbocycles. The zero-order valence-electron chi connectivity index (χ0n) is 6.72. The standard InChI is InChI=1S/C9H7Cl2O2/c10-7-3-1-4-8(9(7)11)13-6-2-5-12/h1,3-4H,2,6H2. The van der Waals surface area contributed by atoms with Crippen LogP contribution in [0.2, 0.25) is 10.0 Å². The van der Waals surface area contributed by atoms with Gasteiger partial charge in [0, 0.05) is 6.42 Å². The first-order valence-electron chi connectivity index (χ1n) is 3.67. The number of ether oxygens (including phenoxy) is 1. The van der Waals surface area contributed by atoms with Gasteiger partial charge < -0.3 is 4.74 Å². The summed E-state index contributed by atoms with van der Waals surface area (Å²) < 4.78 is 5.18. The number of hydrogen-bond donors (Lipinski definition) is 0. The van der Waals surface area contributed by atoms with Crippen molar-refractivity contribution in [3.8, 4) is 5.75 Å². The molecule has 0 saturated heterocycles. The highest BCUT2D eigenvalue weighted by Gasteiger charge is 2.04. The van der Waals surface area contributed by atoms with Crippen LogP contribution >= 0.6 is 23.2 Å². The molecule has 0 aliphatic rings. The monoisotopic (exact) mass is 217 g/mol. The Morgan fingerprint density at radius 2 is 2.15 bits per heavy atom. The van der Waals surface area contributed by atoms with Gasteiger partial charge in [-0.2, -0.15) is 0 Å². The van der Waals surface area contributed by atoms with Gasteiger partial charge >= 0.3 is 0 Å². The van der Waals surface area contributed by atoms with Crippen LogP contribution in [0.25, 0.3) is 0 Å². The first-order chi connectivity index (χ1) is 6.25. The number of hydrogen-bond acceptors (Lipinski definition) is 2. The molecule has 0 amide bonds. The fraction of sp³-hybridized carbons (Fsp3) is 0.222. The van der Waals surface area contributed by atoms with Crippen molar-refractivity contribution in [3.05, 3.63) is 28.2 Å². The molecule has 0 spiro atoms. The normalized spacial score (nSPS) is 9.69.